The Morgan fingerprint density at radius 2 is 1.20 bits per heavy atom. The molecule has 10 heavy (non-hydrogen) atoms. The molecule has 0 aliphatic carbocycles. The van der Waals surface area contributed by atoms with Crippen LogP contribution in [0.5, 0.6) is 0 Å². The molecule has 0 radical (unpaired) electrons. The molecule has 0 saturated heterocycles. The van der Waals surface area contributed by atoms with Crippen LogP contribution in [0.15, 0.2) is 0 Å². The Labute approximate surface area is 106 Å². The summed E-state index contributed by atoms with van der Waals surface area (Å²) in [6.45, 7) is 2.56. The molecule has 0 aromatic rings. The molecule has 0 rings (SSSR count). The predicted octanol–water partition coefficient (Wildman–Crippen LogP) is 0.820. The molecule has 0 unspecified atom stereocenters. The summed E-state index contributed by atoms with van der Waals surface area (Å²) in [6, 6.07) is 0. The van der Waals surface area contributed by atoms with Gasteiger partial charge >= 0.3 is 23.7 Å². The SMILES string of the molecule is IOCCOCCOI.[TeH2]. The Kier molecular flexibility index (Phi) is 20.1. The fraction of sp³-hybridized carbons (Fsp3) is 1.00. The van der Waals surface area contributed by atoms with Crippen molar-refractivity contribution in [3.8, 4) is 0 Å². The van der Waals surface area contributed by atoms with Gasteiger partial charge in [0.2, 0.25) is 0 Å². The van der Waals surface area contributed by atoms with Gasteiger partial charge in [0.05, 0.1) is 26.4 Å². The van der Waals surface area contributed by atoms with Gasteiger partial charge in [-0.25, -0.2) is 0 Å². The monoisotopic (exact) mass is 490 g/mol. The molecule has 0 N–H and O–H groups in total. The second kappa shape index (κ2) is 13.7. The Balaban J connectivity index is 0. The van der Waals surface area contributed by atoms with Crippen molar-refractivity contribution in [2.24, 2.45) is 0 Å². The van der Waals surface area contributed by atoms with Crippen molar-refractivity contribution in [3.05, 3.63) is 0 Å². The van der Waals surface area contributed by atoms with Gasteiger partial charge in [-0.15, -0.1) is 0 Å². The first-order chi connectivity index (χ1) is 4.41. The first-order valence-electron chi connectivity index (χ1n) is 2.46. The number of hydrogen-bond donors (Lipinski definition) is 0. The molecule has 0 heterocycles. The van der Waals surface area contributed by atoms with Gasteiger partial charge in [0.25, 0.3) is 0 Å². The van der Waals surface area contributed by atoms with Gasteiger partial charge in [-0.3, -0.25) is 0 Å². The maximum absolute atomic E-state index is 5.05. The molecule has 0 aliphatic rings. The van der Waals surface area contributed by atoms with Crippen LogP contribution in [0.4, 0.5) is 0 Å². The molecule has 0 fully saturated rings. The molecule has 0 atom stereocenters. The molecule has 0 bridgehead atoms. The topological polar surface area (TPSA) is 27.7 Å². The molecule has 3 nitrogen and oxygen atoms in total. The standard InChI is InChI=1S/C4H8I2O3.H2Te/c5-8-3-1-7-2-4-9-6;/h1-4H2;1H2. The van der Waals surface area contributed by atoms with Crippen LogP contribution in [0.25, 0.3) is 0 Å². The zero-order valence-corrected chi connectivity index (χ0v) is 12.5. The van der Waals surface area contributed by atoms with Crippen LogP contribution in [0.3, 0.4) is 0 Å². The molecule has 0 saturated carbocycles. The van der Waals surface area contributed by atoms with Crippen LogP contribution in [-0.4, -0.2) is 50.1 Å². The molecule has 64 valence electrons. The Hall–Kier alpha value is 2.13. The van der Waals surface area contributed by atoms with Crippen molar-refractivity contribution in [1.29, 1.82) is 0 Å². The Morgan fingerprint density at radius 3 is 1.50 bits per heavy atom. The molecular weight excluding hydrogens is 477 g/mol. The van der Waals surface area contributed by atoms with Gasteiger partial charge in [0.1, 0.15) is 46.0 Å². The third-order valence-electron chi connectivity index (χ3n) is 0.610. The normalized spacial score (nSPS) is 9.00. The zero-order chi connectivity index (χ0) is 6.95. The summed E-state index contributed by atoms with van der Waals surface area (Å²) in [7, 11) is 0. The van der Waals surface area contributed by atoms with E-state index in [9.17, 15) is 0 Å². The van der Waals surface area contributed by atoms with Crippen LogP contribution >= 0.6 is 46.0 Å². The summed E-state index contributed by atoms with van der Waals surface area (Å²) in [6.07, 6.45) is 0. The molecule has 0 amide bonds. The van der Waals surface area contributed by atoms with Crippen molar-refractivity contribution in [3.63, 3.8) is 0 Å². The van der Waals surface area contributed by atoms with Crippen molar-refractivity contribution in [2.75, 3.05) is 26.4 Å². The number of hydrogen-bond acceptors (Lipinski definition) is 3. The first-order valence-corrected chi connectivity index (χ1v) is 4.22. The molecule has 0 aromatic heterocycles. The van der Waals surface area contributed by atoms with E-state index in [-0.39, 0.29) is 23.7 Å². The van der Waals surface area contributed by atoms with E-state index < -0.39 is 0 Å². The summed E-state index contributed by atoms with van der Waals surface area (Å²) in [5.41, 5.74) is 0. The molecule has 0 aliphatic heterocycles. The summed E-state index contributed by atoms with van der Waals surface area (Å²) in [5, 5.41) is 0. The average molecular weight is 488 g/mol. The van der Waals surface area contributed by atoms with Crippen LogP contribution in [0.2, 0.25) is 0 Å². The first kappa shape index (κ1) is 14.6. The van der Waals surface area contributed by atoms with E-state index in [0.717, 1.165) is 0 Å². The van der Waals surface area contributed by atoms with Gasteiger partial charge in [-0.1, -0.05) is 0 Å². The fourth-order valence-electron chi connectivity index (χ4n) is 0.283. The summed E-state index contributed by atoms with van der Waals surface area (Å²) in [5.74, 6) is 0. The summed E-state index contributed by atoms with van der Waals surface area (Å²) < 4.78 is 14.5. The van der Waals surface area contributed by atoms with Crippen LogP contribution < -0.4 is 0 Å². The van der Waals surface area contributed by atoms with Crippen molar-refractivity contribution >= 4 is 69.7 Å². The maximum atomic E-state index is 5.05. The molecule has 0 spiro atoms. The number of ether oxygens (including phenoxy) is 1. The van der Waals surface area contributed by atoms with Gasteiger partial charge in [0, 0.05) is 0 Å². The third-order valence-corrected chi connectivity index (χ3v) is 1.49. The molecular formula is C4H10I2O3Te. The Bertz CT molecular complexity index is 51.8. The van der Waals surface area contributed by atoms with Gasteiger partial charge in [0.15, 0.2) is 0 Å². The van der Waals surface area contributed by atoms with Gasteiger partial charge in [-0.2, -0.15) is 0 Å². The van der Waals surface area contributed by atoms with Crippen LogP contribution in [-0.2, 0) is 10.9 Å². The average Bonchev–Trinajstić information content (AvgIpc) is 1.89. The Morgan fingerprint density at radius 1 is 0.800 bits per heavy atom. The second-order valence-corrected chi connectivity index (χ2v) is 2.48. The van der Waals surface area contributed by atoms with Crippen molar-refractivity contribution < 1.29 is 10.9 Å². The van der Waals surface area contributed by atoms with E-state index in [2.05, 4.69) is 0 Å². The van der Waals surface area contributed by atoms with Crippen LogP contribution in [0, 0.1) is 0 Å². The number of halogens is 2. The number of rotatable bonds is 6. The minimum atomic E-state index is 0. The third kappa shape index (κ3) is 12.8. The van der Waals surface area contributed by atoms with Crippen LogP contribution in [0.1, 0.15) is 0 Å². The van der Waals surface area contributed by atoms with Gasteiger partial charge < -0.3 is 10.9 Å². The quantitative estimate of drug-likeness (QED) is 0.316. The van der Waals surface area contributed by atoms with Gasteiger partial charge in [-0.05, 0) is 0 Å². The summed E-state index contributed by atoms with van der Waals surface area (Å²) in [4.78, 5) is 0. The van der Waals surface area contributed by atoms with E-state index in [1.165, 1.54) is 0 Å². The summed E-state index contributed by atoms with van der Waals surface area (Å²) >= 11 is 3.67. The fourth-order valence-corrected chi connectivity index (χ4v) is 0.642. The second-order valence-electron chi connectivity index (χ2n) is 1.24. The minimum absolute atomic E-state index is 0. The molecule has 6 heteroatoms. The van der Waals surface area contributed by atoms with E-state index in [0.29, 0.717) is 26.4 Å². The molecule has 0 aromatic carbocycles. The van der Waals surface area contributed by atoms with E-state index in [4.69, 9.17) is 10.9 Å². The van der Waals surface area contributed by atoms with Crippen molar-refractivity contribution in [1.82, 2.24) is 0 Å². The van der Waals surface area contributed by atoms with Crippen molar-refractivity contribution in [2.45, 2.75) is 0 Å². The van der Waals surface area contributed by atoms with E-state index in [1.807, 2.05) is 46.0 Å². The van der Waals surface area contributed by atoms with E-state index >= 15 is 0 Å². The van der Waals surface area contributed by atoms with E-state index in [1.54, 1.807) is 0 Å². The predicted molar refractivity (Wildman–Crippen MR) is 59.3 cm³/mol. The zero-order valence-electron chi connectivity index (χ0n) is 5.31.